The first-order chi connectivity index (χ1) is 9.58. The highest BCUT2D eigenvalue weighted by Crippen LogP contribution is 2.33. The van der Waals surface area contributed by atoms with Gasteiger partial charge in [0.05, 0.1) is 4.92 Å². The van der Waals surface area contributed by atoms with Gasteiger partial charge >= 0.3 is 5.69 Å². The summed E-state index contributed by atoms with van der Waals surface area (Å²) in [6.07, 6.45) is 1.29. The summed E-state index contributed by atoms with van der Waals surface area (Å²) in [6, 6.07) is 4.22. The number of rotatable bonds is 2. The molecule has 0 radical (unpaired) electrons. The number of benzene rings is 1. The van der Waals surface area contributed by atoms with Gasteiger partial charge in [-0.05, 0) is 18.6 Å². The molecule has 3 rings (SSSR count). The third kappa shape index (κ3) is 1.99. The fraction of sp³-hybridized carbons (Fsp3) is 0.462. The van der Waals surface area contributed by atoms with Crippen molar-refractivity contribution in [1.82, 2.24) is 4.90 Å². The molecule has 2 fully saturated rings. The van der Waals surface area contributed by atoms with Gasteiger partial charge in [-0.25, -0.2) is 0 Å². The van der Waals surface area contributed by atoms with E-state index in [9.17, 15) is 19.3 Å². The third-order valence-electron chi connectivity index (χ3n) is 3.98. The summed E-state index contributed by atoms with van der Waals surface area (Å²) >= 11 is 0. The summed E-state index contributed by atoms with van der Waals surface area (Å²) in [6.45, 7) is 1.56. The number of para-hydroxylation sites is 1. The maximum atomic E-state index is 13.7. The van der Waals surface area contributed by atoms with Crippen molar-refractivity contribution in [2.75, 3.05) is 24.5 Å². The van der Waals surface area contributed by atoms with E-state index < -0.39 is 16.4 Å². The third-order valence-corrected chi connectivity index (χ3v) is 3.98. The lowest BCUT2D eigenvalue weighted by atomic mass is 10.1. The van der Waals surface area contributed by atoms with Crippen molar-refractivity contribution in [2.45, 2.75) is 18.9 Å². The molecule has 0 N–H and O–H groups in total. The van der Waals surface area contributed by atoms with E-state index in [2.05, 4.69) is 0 Å². The molecular formula is C13H14FN3O3. The number of piperazine rings is 1. The smallest absolute Gasteiger partial charge is 0.327 e. The highest BCUT2D eigenvalue weighted by atomic mass is 19.1. The molecule has 0 bridgehead atoms. The molecular weight excluding hydrogens is 265 g/mol. The van der Waals surface area contributed by atoms with Crippen molar-refractivity contribution in [1.29, 1.82) is 0 Å². The number of nitro groups is 1. The van der Waals surface area contributed by atoms with E-state index in [1.165, 1.54) is 6.07 Å². The number of amides is 1. The Labute approximate surface area is 114 Å². The quantitative estimate of drug-likeness (QED) is 0.608. The van der Waals surface area contributed by atoms with Crippen molar-refractivity contribution in [3.05, 3.63) is 34.1 Å². The predicted octanol–water partition coefficient (Wildman–Crippen LogP) is 1.54. The second-order valence-electron chi connectivity index (χ2n) is 5.09. The zero-order valence-electron chi connectivity index (χ0n) is 10.8. The van der Waals surface area contributed by atoms with E-state index in [1.807, 2.05) is 4.90 Å². The molecule has 0 aromatic heterocycles. The Morgan fingerprint density at radius 3 is 2.90 bits per heavy atom. The van der Waals surface area contributed by atoms with Crippen LogP contribution in [0, 0.1) is 15.9 Å². The van der Waals surface area contributed by atoms with Crippen LogP contribution in [0.1, 0.15) is 12.8 Å². The van der Waals surface area contributed by atoms with Gasteiger partial charge in [0.1, 0.15) is 5.69 Å². The van der Waals surface area contributed by atoms with Crippen LogP contribution in [0.4, 0.5) is 15.8 Å². The molecule has 2 aliphatic rings. The van der Waals surface area contributed by atoms with Gasteiger partial charge in [-0.2, -0.15) is 4.39 Å². The van der Waals surface area contributed by atoms with Gasteiger partial charge in [-0.3, -0.25) is 14.9 Å². The molecule has 2 saturated heterocycles. The Kier molecular flexibility index (Phi) is 3.04. The Morgan fingerprint density at radius 2 is 2.15 bits per heavy atom. The number of fused-ring (bicyclic) bond motifs is 1. The summed E-state index contributed by atoms with van der Waals surface area (Å²) < 4.78 is 13.7. The molecule has 0 aliphatic carbocycles. The first-order valence-electron chi connectivity index (χ1n) is 6.55. The molecule has 6 nitrogen and oxygen atoms in total. The Balaban J connectivity index is 1.89. The van der Waals surface area contributed by atoms with Gasteiger partial charge in [0.2, 0.25) is 11.7 Å². The van der Waals surface area contributed by atoms with Crippen LogP contribution in [0.25, 0.3) is 0 Å². The summed E-state index contributed by atoms with van der Waals surface area (Å²) in [7, 11) is 0. The SMILES string of the molecule is O=C1CCC2CN(c3cccc(F)c3[N+](=O)[O-])CCN12. The number of nitrogens with zero attached hydrogens (tertiary/aromatic N) is 3. The van der Waals surface area contributed by atoms with Crippen molar-refractivity contribution in [3.63, 3.8) is 0 Å². The van der Waals surface area contributed by atoms with E-state index in [0.717, 1.165) is 12.5 Å². The van der Waals surface area contributed by atoms with Crippen LogP contribution >= 0.6 is 0 Å². The number of anilines is 1. The first kappa shape index (κ1) is 12.8. The Hall–Kier alpha value is -2.18. The fourth-order valence-corrected chi connectivity index (χ4v) is 3.02. The molecule has 1 unspecified atom stereocenters. The molecule has 1 aromatic carbocycles. The minimum absolute atomic E-state index is 0.0825. The van der Waals surface area contributed by atoms with Crippen LogP contribution in [0.5, 0.6) is 0 Å². The van der Waals surface area contributed by atoms with E-state index >= 15 is 0 Å². The lowest BCUT2D eigenvalue weighted by Gasteiger charge is -2.38. The van der Waals surface area contributed by atoms with Crippen LogP contribution in [0.2, 0.25) is 0 Å². The van der Waals surface area contributed by atoms with Crippen molar-refractivity contribution in [3.8, 4) is 0 Å². The minimum Gasteiger partial charge on any atom is -0.362 e. The summed E-state index contributed by atoms with van der Waals surface area (Å²) in [5, 5.41) is 11.0. The molecule has 0 spiro atoms. The Bertz CT molecular complexity index is 578. The summed E-state index contributed by atoms with van der Waals surface area (Å²) in [5.41, 5.74) is -0.181. The monoisotopic (exact) mass is 279 g/mol. The molecule has 1 atom stereocenters. The highest BCUT2D eigenvalue weighted by molar-refractivity contribution is 5.79. The van der Waals surface area contributed by atoms with E-state index in [1.54, 1.807) is 11.0 Å². The summed E-state index contributed by atoms with van der Waals surface area (Å²) in [4.78, 5) is 25.6. The number of carbonyl (C=O) groups excluding carboxylic acids is 1. The van der Waals surface area contributed by atoms with Crippen molar-refractivity contribution in [2.24, 2.45) is 0 Å². The molecule has 7 heteroatoms. The predicted molar refractivity (Wildman–Crippen MR) is 70.0 cm³/mol. The van der Waals surface area contributed by atoms with E-state index in [-0.39, 0.29) is 11.9 Å². The van der Waals surface area contributed by atoms with Crippen molar-refractivity contribution < 1.29 is 14.1 Å². The highest BCUT2D eigenvalue weighted by Gasteiger charge is 2.37. The molecule has 20 heavy (non-hydrogen) atoms. The van der Waals surface area contributed by atoms with Crippen LogP contribution in [0.15, 0.2) is 18.2 Å². The average molecular weight is 279 g/mol. The van der Waals surface area contributed by atoms with Gasteiger partial charge in [0.15, 0.2) is 0 Å². The topological polar surface area (TPSA) is 66.7 Å². The minimum atomic E-state index is -0.822. The Morgan fingerprint density at radius 1 is 1.35 bits per heavy atom. The van der Waals surface area contributed by atoms with E-state index in [4.69, 9.17) is 0 Å². The first-order valence-corrected chi connectivity index (χ1v) is 6.55. The number of nitro benzene ring substituents is 1. The second-order valence-corrected chi connectivity index (χ2v) is 5.09. The fourth-order valence-electron chi connectivity index (χ4n) is 3.02. The largest absolute Gasteiger partial charge is 0.362 e. The number of hydrogen-bond donors (Lipinski definition) is 0. The molecule has 0 saturated carbocycles. The van der Waals surface area contributed by atoms with E-state index in [0.29, 0.717) is 31.7 Å². The zero-order valence-corrected chi connectivity index (χ0v) is 10.8. The van der Waals surface area contributed by atoms with Crippen LogP contribution < -0.4 is 4.90 Å². The molecule has 1 amide bonds. The van der Waals surface area contributed by atoms with Gasteiger partial charge in [-0.1, -0.05) is 6.07 Å². The second kappa shape index (κ2) is 4.73. The maximum absolute atomic E-state index is 13.7. The van der Waals surface area contributed by atoms with Crippen LogP contribution in [-0.4, -0.2) is 41.4 Å². The summed E-state index contributed by atoms with van der Waals surface area (Å²) in [5.74, 6) is -0.680. The number of hydrogen-bond acceptors (Lipinski definition) is 4. The lowest BCUT2D eigenvalue weighted by molar-refractivity contribution is -0.386. The average Bonchev–Trinajstić information content (AvgIpc) is 2.79. The lowest BCUT2D eigenvalue weighted by Crippen LogP contribution is -2.51. The van der Waals surface area contributed by atoms with Gasteiger partial charge in [-0.15, -0.1) is 0 Å². The molecule has 2 aliphatic heterocycles. The zero-order chi connectivity index (χ0) is 14.3. The molecule has 106 valence electrons. The van der Waals surface area contributed by atoms with Crippen LogP contribution in [-0.2, 0) is 4.79 Å². The van der Waals surface area contributed by atoms with Gasteiger partial charge in [0, 0.05) is 32.1 Å². The van der Waals surface area contributed by atoms with Crippen molar-refractivity contribution >= 4 is 17.3 Å². The van der Waals surface area contributed by atoms with Crippen LogP contribution in [0.3, 0.4) is 0 Å². The molecule has 1 aromatic rings. The number of carbonyl (C=O) groups is 1. The standard InChI is InChI=1S/C13H14FN3O3/c14-10-2-1-3-11(13(10)17(19)20)15-6-7-16-9(8-15)4-5-12(16)18/h1-3,9H,4-8H2. The number of halogens is 1. The normalized spacial score (nSPS) is 22.1. The van der Waals surface area contributed by atoms with Gasteiger partial charge in [0.25, 0.3) is 0 Å². The maximum Gasteiger partial charge on any atom is 0.327 e. The molecule has 2 heterocycles. The van der Waals surface area contributed by atoms with Gasteiger partial charge < -0.3 is 9.80 Å².